The van der Waals surface area contributed by atoms with Crippen LogP contribution in [0.1, 0.15) is 25.5 Å². The number of aliphatic hydroxyl groups excluding tert-OH is 1. The highest BCUT2D eigenvalue weighted by Gasteiger charge is 2.13. The summed E-state index contributed by atoms with van der Waals surface area (Å²) in [6, 6.07) is 7.68. The van der Waals surface area contributed by atoms with Crippen molar-refractivity contribution in [1.29, 1.82) is 0 Å². The third-order valence-electron chi connectivity index (χ3n) is 2.58. The Bertz CT molecular complexity index is 424. The van der Waals surface area contributed by atoms with Gasteiger partial charge in [0.2, 0.25) is 5.91 Å². The predicted octanol–water partition coefficient (Wildman–Crippen LogP) is 1.94. The van der Waals surface area contributed by atoms with Gasteiger partial charge in [-0.2, -0.15) is 0 Å². The molecule has 0 aliphatic rings. The van der Waals surface area contributed by atoms with Gasteiger partial charge < -0.3 is 10.4 Å². The van der Waals surface area contributed by atoms with E-state index in [2.05, 4.69) is 21.2 Å². The number of rotatable bonds is 6. The molecular formula is C14H21BrN2O2. The summed E-state index contributed by atoms with van der Waals surface area (Å²) in [5.41, 5.74) is 0.838. The monoisotopic (exact) mass is 328 g/mol. The zero-order valence-corrected chi connectivity index (χ0v) is 13.1. The number of likely N-dealkylation sites (N-methyl/N-ethyl adjacent to an activating group) is 1. The van der Waals surface area contributed by atoms with Crippen LogP contribution in [0, 0.1) is 0 Å². The van der Waals surface area contributed by atoms with E-state index >= 15 is 0 Å². The van der Waals surface area contributed by atoms with Crippen LogP contribution < -0.4 is 5.32 Å². The van der Waals surface area contributed by atoms with Crippen LogP contribution in [0.5, 0.6) is 0 Å². The Morgan fingerprint density at radius 2 is 2.16 bits per heavy atom. The molecular weight excluding hydrogens is 308 g/mol. The molecule has 0 radical (unpaired) electrons. The first-order chi connectivity index (χ1) is 8.88. The third-order valence-corrected chi connectivity index (χ3v) is 3.07. The van der Waals surface area contributed by atoms with Gasteiger partial charge in [-0.05, 0) is 38.6 Å². The molecule has 106 valence electrons. The number of amides is 1. The van der Waals surface area contributed by atoms with E-state index in [0.717, 1.165) is 10.0 Å². The topological polar surface area (TPSA) is 52.6 Å². The molecule has 5 heteroatoms. The molecule has 0 aliphatic heterocycles. The molecule has 4 nitrogen and oxygen atoms in total. The highest BCUT2D eigenvalue weighted by atomic mass is 79.9. The summed E-state index contributed by atoms with van der Waals surface area (Å²) in [6.45, 7) is 4.55. The van der Waals surface area contributed by atoms with E-state index in [4.69, 9.17) is 0 Å². The fourth-order valence-corrected chi connectivity index (χ4v) is 2.21. The van der Waals surface area contributed by atoms with Gasteiger partial charge in [0, 0.05) is 17.1 Å². The fourth-order valence-electron chi connectivity index (χ4n) is 1.79. The van der Waals surface area contributed by atoms with Crippen molar-refractivity contribution < 1.29 is 9.90 Å². The molecule has 1 aromatic rings. The summed E-state index contributed by atoms with van der Waals surface area (Å²) in [6.07, 6.45) is -0.602. The smallest absolute Gasteiger partial charge is 0.234 e. The van der Waals surface area contributed by atoms with Crippen molar-refractivity contribution >= 4 is 21.8 Å². The summed E-state index contributed by atoms with van der Waals surface area (Å²) in [4.78, 5) is 13.4. The number of halogens is 1. The zero-order chi connectivity index (χ0) is 14.4. The number of carbonyl (C=O) groups excluding carboxylic acids is 1. The van der Waals surface area contributed by atoms with E-state index < -0.39 is 6.10 Å². The number of aliphatic hydroxyl groups is 1. The molecule has 0 aromatic heterocycles. The maximum Gasteiger partial charge on any atom is 0.234 e. The molecule has 2 N–H and O–H groups in total. The normalized spacial score (nSPS) is 12.8. The Balaban J connectivity index is 2.48. The van der Waals surface area contributed by atoms with Crippen LogP contribution in [-0.2, 0) is 4.79 Å². The minimum absolute atomic E-state index is 0.0288. The largest absolute Gasteiger partial charge is 0.387 e. The molecule has 1 amide bonds. The van der Waals surface area contributed by atoms with Crippen molar-refractivity contribution in [1.82, 2.24) is 10.2 Å². The zero-order valence-electron chi connectivity index (χ0n) is 11.6. The van der Waals surface area contributed by atoms with Crippen molar-refractivity contribution in [3.8, 4) is 0 Å². The lowest BCUT2D eigenvalue weighted by Gasteiger charge is -2.21. The van der Waals surface area contributed by atoms with E-state index in [-0.39, 0.29) is 18.5 Å². The Kier molecular flexibility index (Phi) is 6.48. The molecule has 0 saturated heterocycles. The lowest BCUT2D eigenvalue weighted by Crippen LogP contribution is -2.39. The maximum atomic E-state index is 11.6. The molecule has 19 heavy (non-hydrogen) atoms. The quantitative estimate of drug-likeness (QED) is 0.839. The summed E-state index contributed by atoms with van der Waals surface area (Å²) in [7, 11) is 1.82. The fraction of sp³-hybridized carbons (Fsp3) is 0.500. The van der Waals surface area contributed by atoms with Gasteiger partial charge in [-0.3, -0.25) is 9.69 Å². The lowest BCUT2D eigenvalue weighted by atomic mass is 10.1. The Morgan fingerprint density at radius 3 is 2.74 bits per heavy atom. The second-order valence-electron chi connectivity index (χ2n) is 4.99. The van der Waals surface area contributed by atoms with Gasteiger partial charge in [0.15, 0.2) is 0 Å². The summed E-state index contributed by atoms with van der Waals surface area (Å²) < 4.78 is 0.934. The minimum Gasteiger partial charge on any atom is -0.387 e. The van der Waals surface area contributed by atoms with E-state index in [1.807, 2.05) is 50.1 Å². The number of benzene rings is 1. The summed E-state index contributed by atoms with van der Waals surface area (Å²) in [5.74, 6) is -0.0288. The maximum absolute atomic E-state index is 11.6. The predicted molar refractivity (Wildman–Crippen MR) is 79.9 cm³/mol. The highest BCUT2D eigenvalue weighted by molar-refractivity contribution is 9.10. The number of nitrogens with one attached hydrogen (secondary N) is 1. The number of hydrogen-bond acceptors (Lipinski definition) is 3. The van der Waals surface area contributed by atoms with Crippen LogP contribution in [0.15, 0.2) is 28.7 Å². The Hall–Kier alpha value is -0.910. The van der Waals surface area contributed by atoms with E-state index in [1.54, 1.807) is 0 Å². The number of nitrogens with zero attached hydrogens (tertiary/aromatic N) is 1. The van der Waals surface area contributed by atoms with E-state index in [9.17, 15) is 9.90 Å². The van der Waals surface area contributed by atoms with Gasteiger partial charge in [-0.25, -0.2) is 0 Å². The van der Waals surface area contributed by atoms with Gasteiger partial charge in [0.1, 0.15) is 0 Å². The Morgan fingerprint density at radius 1 is 1.47 bits per heavy atom. The molecule has 1 unspecified atom stereocenters. The van der Waals surface area contributed by atoms with Crippen molar-refractivity contribution in [3.63, 3.8) is 0 Å². The molecule has 0 heterocycles. The van der Waals surface area contributed by atoms with Crippen LogP contribution in [0.4, 0.5) is 0 Å². The SMILES string of the molecule is CC(C)NC(=O)CN(C)CC(O)c1cccc(Br)c1. The molecule has 0 saturated carbocycles. The van der Waals surface area contributed by atoms with Crippen LogP contribution in [-0.4, -0.2) is 42.1 Å². The van der Waals surface area contributed by atoms with Crippen molar-refractivity contribution in [2.45, 2.75) is 26.0 Å². The van der Waals surface area contributed by atoms with Crippen molar-refractivity contribution in [2.75, 3.05) is 20.1 Å². The van der Waals surface area contributed by atoms with Gasteiger partial charge in [0.05, 0.1) is 12.6 Å². The van der Waals surface area contributed by atoms with Crippen molar-refractivity contribution in [3.05, 3.63) is 34.3 Å². The number of carbonyl (C=O) groups is 1. The molecule has 0 spiro atoms. The molecule has 0 aliphatic carbocycles. The average molecular weight is 329 g/mol. The molecule has 1 rings (SSSR count). The number of hydrogen-bond donors (Lipinski definition) is 2. The van der Waals surface area contributed by atoms with Crippen molar-refractivity contribution in [2.24, 2.45) is 0 Å². The average Bonchev–Trinajstić information content (AvgIpc) is 2.27. The van der Waals surface area contributed by atoms with Crippen LogP contribution in [0.25, 0.3) is 0 Å². The molecule has 0 fully saturated rings. The first kappa shape index (κ1) is 16.1. The minimum atomic E-state index is -0.602. The standard InChI is InChI=1S/C14H21BrN2O2/c1-10(2)16-14(19)9-17(3)8-13(18)11-5-4-6-12(15)7-11/h4-7,10,13,18H,8-9H2,1-3H3,(H,16,19). The third kappa shape index (κ3) is 6.18. The first-order valence-electron chi connectivity index (χ1n) is 6.30. The van der Waals surface area contributed by atoms with E-state index in [0.29, 0.717) is 6.54 Å². The second kappa shape index (κ2) is 7.62. The molecule has 1 aromatic carbocycles. The van der Waals surface area contributed by atoms with Crippen LogP contribution >= 0.6 is 15.9 Å². The summed E-state index contributed by atoms with van der Waals surface area (Å²) >= 11 is 3.38. The lowest BCUT2D eigenvalue weighted by molar-refractivity contribution is -0.122. The van der Waals surface area contributed by atoms with Crippen LogP contribution in [0.2, 0.25) is 0 Å². The van der Waals surface area contributed by atoms with Gasteiger partial charge in [-0.1, -0.05) is 28.1 Å². The second-order valence-corrected chi connectivity index (χ2v) is 5.91. The molecule has 0 bridgehead atoms. The van der Waals surface area contributed by atoms with Gasteiger partial charge in [-0.15, -0.1) is 0 Å². The molecule has 1 atom stereocenters. The van der Waals surface area contributed by atoms with Gasteiger partial charge in [0.25, 0.3) is 0 Å². The first-order valence-corrected chi connectivity index (χ1v) is 7.09. The summed E-state index contributed by atoms with van der Waals surface area (Å²) in [5, 5.41) is 12.9. The van der Waals surface area contributed by atoms with Gasteiger partial charge >= 0.3 is 0 Å². The Labute approximate surface area is 122 Å². The highest BCUT2D eigenvalue weighted by Crippen LogP contribution is 2.18. The van der Waals surface area contributed by atoms with E-state index in [1.165, 1.54) is 0 Å². The van der Waals surface area contributed by atoms with Crippen LogP contribution in [0.3, 0.4) is 0 Å².